The van der Waals surface area contributed by atoms with Crippen molar-refractivity contribution in [3.8, 4) is 34.0 Å². The van der Waals surface area contributed by atoms with E-state index in [1.54, 1.807) is 0 Å². The van der Waals surface area contributed by atoms with Crippen molar-refractivity contribution in [3.05, 3.63) is 182 Å². The molecule has 0 aliphatic carbocycles. The highest BCUT2D eigenvalue weighted by atomic mass is 16.3. The van der Waals surface area contributed by atoms with Crippen LogP contribution in [0.1, 0.15) is 26.3 Å². The van der Waals surface area contributed by atoms with Crippen LogP contribution in [-0.2, 0) is 5.41 Å². The van der Waals surface area contributed by atoms with Gasteiger partial charge in [-0.05, 0) is 95.4 Å². The normalized spacial score (nSPS) is 12.5. The Morgan fingerprint density at radius 3 is 2.09 bits per heavy atom. The van der Waals surface area contributed by atoms with E-state index < -0.39 is 0 Å². The van der Waals surface area contributed by atoms with E-state index in [1.807, 2.05) is 30.5 Å². The SMILES string of the molecule is CC(C)(C)c1ccc2c(c1)c1ccc(-c3cc4c5ccccc5oc4c4c3nc(-c3cccc5c3[nH]c3ccccc35)n4-c3ccc4oc5ccccc5c4c3)cc1n2-c1ccccn1. The van der Waals surface area contributed by atoms with E-state index in [-0.39, 0.29) is 5.41 Å². The van der Waals surface area contributed by atoms with Crippen molar-refractivity contribution in [3.63, 3.8) is 0 Å². The molecule has 14 aromatic rings. The molecular formula is C58H39N5O2. The lowest BCUT2D eigenvalue weighted by Gasteiger charge is -2.19. The predicted molar refractivity (Wildman–Crippen MR) is 267 cm³/mol. The zero-order valence-corrected chi connectivity index (χ0v) is 35.8. The monoisotopic (exact) mass is 837 g/mol. The number of nitrogens with zero attached hydrogens (tertiary/aromatic N) is 4. The molecule has 308 valence electrons. The van der Waals surface area contributed by atoms with Gasteiger partial charge in [-0.1, -0.05) is 112 Å². The lowest BCUT2D eigenvalue weighted by atomic mass is 9.86. The van der Waals surface area contributed by atoms with E-state index >= 15 is 0 Å². The minimum atomic E-state index is -0.00904. The van der Waals surface area contributed by atoms with Crippen LogP contribution in [-0.4, -0.2) is 24.1 Å². The molecule has 0 atom stereocenters. The number of aromatic nitrogens is 5. The number of pyridine rings is 1. The maximum Gasteiger partial charge on any atom is 0.161 e. The van der Waals surface area contributed by atoms with Gasteiger partial charge in [0.2, 0.25) is 0 Å². The summed E-state index contributed by atoms with van der Waals surface area (Å²) in [6.07, 6.45) is 1.87. The molecule has 0 saturated heterocycles. The van der Waals surface area contributed by atoms with Gasteiger partial charge in [-0.15, -0.1) is 0 Å². The maximum absolute atomic E-state index is 6.97. The lowest BCUT2D eigenvalue weighted by Crippen LogP contribution is -2.10. The molecule has 0 aliphatic rings. The highest BCUT2D eigenvalue weighted by molar-refractivity contribution is 6.20. The summed E-state index contributed by atoms with van der Waals surface area (Å²) in [6, 6.07) is 60.2. The zero-order chi connectivity index (χ0) is 43.1. The summed E-state index contributed by atoms with van der Waals surface area (Å²) < 4.78 is 18.0. The quantitative estimate of drug-likeness (QED) is 0.191. The summed E-state index contributed by atoms with van der Waals surface area (Å²) in [5.41, 5.74) is 14.6. The summed E-state index contributed by atoms with van der Waals surface area (Å²) in [6.45, 7) is 6.81. The molecule has 6 aromatic heterocycles. The van der Waals surface area contributed by atoms with Crippen LogP contribution in [0.2, 0.25) is 0 Å². The van der Waals surface area contributed by atoms with Crippen LogP contribution >= 0.6 is 0 Å². The third-order valence-electron chi connectivity index (χ3n) is 13.5. The highest BCUT2D eigenvalue weighted by Crippen LogP contribution is 2.46. The van der Waals surface area contributed by atoms with Gasteiger partial charge in [0.15, 0.2) is 5.58 Å². The second kappa shape index (κ2) is 13.1. The molecule has 0 spiro atoms. The van der Waals surface area contributed by atoms with Crippen LogP contribution < -0.4 is 0 Å². The second-order valence-electron chi connectivity index (χ2n) is 18.3. The molecule has 0 saturated carbocycles. The average molecular weight is 838 g/mol. The van der Waals surface area contributed by atoms with Crippen molar-refractivity contribution < 1.29 is 8.83 Å². The Morgan fingerprint density at radius 2 is 1.26 bits per heavy atom. The minimum Gasteiger partial charge on any atom is -0.456 e. The summed E-state index contributed by atoms with van der Waals surface area (Å²) in [5.74, 6) is 1.67. The number of furan rings is 2. The Morgan fingerprint density at radius 1 is 0.508 bits per heavy atom. The third-order valence-corrected chi connectivity index (χ3v) is 13.5. The van der Waals surface area contributed by atoms with Crippen molar-refractivity contribution in [1.29, 1.82) is 0 Å². The molecule has 0 aliphatic heterocycles. The molecule has 65 heavy (non-hydrogen) atoms. The number of rotatable bonds is 4. The van der Waals surface area contributed by atoms with Crippen molar-refractivity contribution >= 4 is 98.5 Å². The second-order valence-corrected chi connectivity index (χ2v) is 18.3. The molecule has 14 rings (SSSR count). The predicted octanol–water partition coefficient (Wildman–Crippen LogP) is 15.6. The molecule has 8 aromatic carbocycles. The van der Waals surface area contributed by atoms with E-state index in [4.69, 9.17) is 18.8 Å². The average Bonchev–Trinajstić information content (AvgIpc) is 4.16. The van der Waals surface area contributed by atoms with Gasteiger partial charge in [0.1, 0.15) is 39.4 Å². The van der Waals surface area contributed by atoms with Gasteiger partial charge >= 0.3 is 0 Å². The standard InChI is InChI=1S/C58H39N5O2/c1-58(2,3)34-23-26-47-43(30-34)37-25-22-33(29-48(37)63(47)52-21-10-11-28-59-52)42-32-45-39-15-6-9-20-50(39)65-56(45)55-54(42)61-57(41-17-12-16-40-36-13-4-7-18-46(36)60-53(40)41)62(55)35-24-27-51-44(31-35)38-14-5-8-19-49(38)64-51/h4-32,60H,1-3H3. The fraction of sp³-hybridized carbons (Fsp3) is 0.0690. The molecule has 1 N–H and O–H groups in total. The van der Waals surface area contributed by atoms with E-state index in [2.05, 4.69) is 180 Å². The highest BCUT2D eigenvalue weighted by Gasteiger charge is 2.27. The molecular weight excluding hydrogens is 799 g/mol. The number of nitrogens with one attached hydrogen (secondary N) is 1. The molecule has 0 radical (unpaired) electrons. The molecule has 6 heterocycles. The van der Waals surface area contributed by atoms with Crippen LogP contribution in [0.3, 0.4) is 0 Å². The van der Waals surface area contributed by atoms with E-state index in [9.17, 15) is 0 Å². The first-order valence-electron chi connectivity index (χ1n) is 22.1. The van der Waals surface area contributed by atoms with E-state index in [1.165, 1.54) is 21.7 Å². The van der Waals surface area contributed by atoms with Gasteiger partial charge in [0.05, 0.1) is 16.6 Å². The van der Waals surface area contributed by atoms with Crippen molar-refractivity contribution in [1.82, 2.24) is 24.1 Å². The Balaban J connectivity index is 1.13. The number of hydrogen-bond acceptors (Lipinski definition) is 4. The van der Waals surface area contributed by atoms with Gasteiger partial charge in [0, 0.05) is 71.6 Å². The molecule has 7 heteroatoms. The Hall–Kier alpha value is -8.42. The topological polar surface area (TPSA) is 77.7 Å². The van der Waals surface area contributed by atoms with Crippen LogP contribution in [0.25, 0.3) is 133 Å². The molecule has 0 unspecified atom stereocenters. The fourth-order valence-electron chi connectivity index (χ4n) is 10.4. The summed E-state index contributed by atoms with van der Waals surface area (Å²) in [7, 11) is 0. The maximum atomic E-state index is 6.97. The molecule has 0 amide bonds. The fourth-order valence-corrected chi connectivity index (χ4v) is 10.4. The Bertz CT molecular complexity index is 4280. The number of hydrogen-bond donors (Lipinski definition) is 1. The number of aromatic amines is 1. The van der Waals surface area contributed by atoms with Gasteiger partial charge in [-0.3, -0.25) is 9.13 Å². The summed E-state index contributed by atoms with van der Waals surface area (Å²) in [5, 5.41) is 8.86. The Kier molecular flexibility index (Phi) is 7.26. The Labute approximate surface area is 371 Å². The number of imidazole rings is 1. The van der Waals surface area contributed by atoms with Crippen LogP contribution in [0.5, 0.6) is 0 Å². The number of fused-ring (bicyclic) bond motifs is 14. The van der Waals surface area contributed by atoms with Crippen molar-refractivity contribution in [2.45, 2.75) is 26.2 Å². The number of H-pyrrole nitrogens is 1. The third kappa shape index (κ3) is 5.18. The summed E-state index contributed by atoms with van der Waals surface area (Å²) in [4.78, 5) is 14.5. The van der Waals surface area contributed by atoms with Crippen molar-refractivity contribution in [2.75, 3.05) is 0 Å². The number of benzene rings is 8. The molecule has 0 bridgehead atoms. The van der Waals surface area contributed by atoms with Crippen LogP contribution in [0.4, 0.5) is 0 Å². The zero-order valence-electron chi connectivity index (χ0n) is 35.8. The molecule has 0 fully saturated rings. The largest absolute Gasteiger partial charge is 0.456 e. The first-order chi connectivity index (χ1) is 31.9. The lowest BCUT2D eigenvalue weighted by molar-refractivity contribution is 0.591. The number of para-hydroxylation sites is 4. The van der Waals surface area contributed by atoms with Gasteiger partial charge in [-0.2, -0.15) is 0 Å². The smallest absolute Gasteiger partial charge is 0.161 e. The first-order valence-corrected chi connectivity index (χ1v) is 22.1. The first kappa shape index (κ1) is 36.1. The summed E-state index contributed by atoms with van der Waals surface area (Å²) >= 11 is 0. The van der Waals surface area contributed by atoms with Gasteiger partial charge in [0.25, 0.3) is 0 Å². The van der Waals surface area contributed by atoms with Crippen LogP contribution in [0.15, 0.2) is 185 Å². The van der Waals surface area contributed by atoms with E-state index in [0.717, 1.165) is 116 Å². The van der Waals surface area contributed by atoms with E-state index in [0.29, 0.717) is 0 Å². The van der Waals surface area contributed by atoms with Crippen LogP contribution in [0, 0.1) is 0 Å². The minimum absolute atomic E-state index is 0.00904. The molecule has 7 nitrogen and oxygen atoms in total. The van der Waals surface area contributed by atoms with Crippen molar-refractivity contribution in [2.24, 2.45) is 0 Å². The van der Waals surface area contributed by atoms with Gasteiger partial charge in [-0.25, -0.2) is 9.97 Å². The van der Waals surface area contributed by atoms with Gasteiger partial charge < -0.3 is 13.8 Å².